The SMILES string of the molecule is CC(C)(C)OC(=O)n1nc(I)c2nc(-c3c(F)ccc4c3CCN(C(=O)O)C4)c(C#N)cc21. The molecule has 4 rings (SSSR count). The molecule has 0 spiro atoms. The third-order valence-electron chi connectivity index (χ3n) is 5.16. The monoisotopic (exact) mass is 563 g/mol. The molecular weight excluding hydrogens is 544 g/mol. The lowest BCUT2D eigenvalue weighted by Crippen LogP contribution is -2.35. The van der Waals surface area contributed by atoms with Crippen LogP contribution in [0.15, 0.2) is 18.2 Å². The topological polar surface area (TPSA) is 121 Å². The molecule has 0 radical (unpaired) electrons. The van der Waals surface area contributed by atoms with Gasteiger partial charge in [0.2, 0.25) is 0 Å². The Morgan fingerprint density at radius 2 is 2.06 bits per heavy atom. The average Bonchev–Trinajstić information content (AvgIpc) is 3.07. The van der Waals surface area contributed by atoms with Crippen LogP contribution in [0.1, 0.15) is 37.5 Å². The molecule has 1 N–H and O–H groups in total. The molecule has 0 unspecified atom stereocenters. The largest absolute Gasteiger partial charge is 0.465 e. The number of carbonyl (C=O) groups excluding carboxylic acids is 1. The van der Waals surface area contributed by atoms with Crippen LogP contribution in [-0.4, -0.2) is 49.1 Å². The van der Waals surface area contributed by atoms with Crippen molar-refractivity contribution in [1.29, 1.82) is 5.26 Å². The van der Waals surface area contributed by atoms with E-state index < -0.39 is 23.6 Å². The van der Waals surface area contributed by atoms with Crippen molar-refractivity contribution in [3.05, 3.63) is 44.4 Å². The fourth-order valence-electron chi connectivity index (χ4n) is 3.77. The first kappa shape index (κ1) is 22.9. The zero-order valence-electron chi connectivity index (χ0n) is 18.0. The summed E-state index contributed by atoms with van der Waals surface area (Å²) in [5, 5.41) is 23.3. The molecule has 0 aliphatic carbocycles. The predicted molar refractivity (Wildman–Crippen MR) is 124 cm³/mol. The molecule has 170 valence electrons. The molecule has 0 atom stereocenters. The molecule has 1 aromatic carbocycles. The van der Waals surface area contributed by atoms with Gasteiger partial charge in [-0.2, -0.15) is 15.0 Å². The van der Waals surface area contributed by atoms with Gasteiger partial charge in [0.05, 0.1) is 11.3 Å². The third-order valence-corrected chi connectivity index (χ3v) is 5.89. The minimum atomic E-state index is -1.05. The number of aromatic nitrogens is 3. The van der Waals surface area contributed by atoms with Crippen molar-refractivity contribution in [1.82, 2.24) is 19.7 Å². The zero-order valence-corrected chi connectivity index (χ0v) is 20.2. The van der Waals surface area contributed by atoms with Crippen LogP contribution in [0.2, 0.25) is 0 Å². The van der Waals surface area contributed by atoms with E-state index in [0.717, 1.165) is 4.68 Å². The minimum absolute atomic E-state index is 0.0663. The normalized spacial score (nSPS) is 13.5. The molecule has 0 saturated carbocycles. The zero-order chi connectivity index (χ0) is 24.1. The predicted octanol–water partition coefficient (Wildman–Crippen LogP) is 4.53. The molecule has 1 aliphatic heterocycles. The molecule has 3 heterocycles. The number of ether oxygens (including phenoxy) is 1. The van der Waals surface area contributed by atoms with E-state index >= 15 is 4.39 Å². The van der Waals surface area contributed by atoms with Gasteiger partial charge in [0.15, 0.2) is 0 Å². The Labute approximate surface area is 201 Å². The molecule has 11 heteroatoms. The lowest BCUT2D eigenvalue weighted by molar-refractivity contribution is 0.0522. The van der Waals surface area contributed by atoms with Crippen LogP contribution in [0.25, 0.3) is 22.3 Å². The Bertz CT molecular complexity index is 1360. The van der Waals surface area contributed by atoms with E-state index in [1.807, 2.05) is 28.7 Å². The van der Waals surface area contributed by atoms with E-state index in [4.69, 9.17) is 4.74 Å². The highest BCUT2D eigenvalue weighted by atomic mass is 127. The van der Waals surface area contributed by atoms with Gasteiger partial charge < -0.3 is 14.7 Å². The molecule has 2 aromatic heterocycles. The number of halogens is 2. The second-order valence-corrected chi connectivity index (χ2v) is 9.58. The number of benzene rings is 1. The standard InChI is InChI=1S/C22H19FIN5O4/c1-22(2,3)33-21(32)29-15-8-12(9-25)17(26-18(15)19(24)27-29)16-13-6-7-28(20(30)31)10-11(13)4-5-14(16)23/h4-5,8H,6-7,10H2,1-3H3,(H,30,31). The molecule has 0 bridgehead atoms. The van der Waals surface area contributed by atoms with Gasteiger partial charge >= 0.3 is 12.2 Å². The van der Waals surface area contributed by atoms with E-state index in [1.165, 1.54) is 17.0 Å². The van der Waals surface area contributed by atoms with Crippen LogP contribution in [-0.2, 0) is 17.7 Å². The van der Waals surface area contributed by atoms with Gasteiger partial charge in [0.25, 0.3) is 0 Å². The first-order valence-electron chi connectivity index (χ1n) is 10.0. The average molecular weight is 563 g/mol. The summed E-state index contributed by atoms with van der Waals surface area (Å²) in [4.78, 5) is 29.8. The Morgan fingerprint density at radius 1 is 1.33 bits per heavy atom. The van der Waals surface area contributed by atoms with Crippen LogP contribution in [0, 0.1) is 20.8 Å². The van der Waals surface area contributed by atoms with E-state index in [-0.39, 0.29) is 41.8 Å². The summed E-state index contributed by atoms with van der Waals surface area (Å²) in [6, 6.07) is 6.29. The van der Waals surface area contributed by atoms with Crippen LogP contribution in [0.3, 0.4) is 0 Å². The molecule has 0 fully saturated rings. The number of carbonyl (C=O) groups is 2. The van der Waals surface area contributed by atoms with Crippen molar-refractivity contribution in [3.63, 3.8) is 0 Å². The first-order valence-corrected chi connectivity index (χ1v) is 11.1. The maximum atomic E-state index is 15.1. The molecule has 9 nitrogen and oxygen atoms in total. The van der Waals surface area contributed by atoms with Crippen molar-refractivity contribution in [3.8, 4) is 17.3 Å². The fourth-order valence-corrected chi connectivity index (χ4v) is 4.38. The van der Waals surface area contributed by atoms with Crippen LogP contribution < -0.4 is 0 Å². The summed E-state index contributed by atoms with van der Waals surface area (Å²) in [6.07, 6.45) is -1.48. The Morgan fingerprint density at radius 3 is 2.70 bits per heavy atom. The molecular formula is C22H19FIN5O4. The fraction of sp³-hybridized carbons (Fsp3) is 0.318. The van der Waals surface area contributed by atoms with Gasteiger partial charge in [0, 0.05) is 18.7 Å². The van der Waals surface area contributed by atoms with Gasteiger partial charge in [-0.05, 0) is 73.0 Å². The second kappa shape index (κ2) is 8.26. The van der Waals surface area contributed by atoms with Crippen LogP contribution >= 0.6 is 22.6 Å². The lowest BCUT2D eigenvalue weighted by Gasteiger charge is -2.28. The maximum absolute atomic E-state index is 15.1. The summed E-state index contributed by atoms with van der Waals surface area (Å²) in [7, 11) is 0. The molecule has 0 saturated heterocycles. The van der Waals surface area contributed by atoms with Crippen molar-refractivity contribution in [2.45, 2.75) is 39.3 Å². The Kier molecular flexibility index (Phi) is 5.73. The number of hydrogen-bond acceptors (Lipinski definition) is 6. The quantitative estimate of drug-likeness (QED) is 0.432. The molecule has 1 amide bonds. The van der Waals surface area contributed by atoms with Crippen LogP contribution in [0.4, 0.5) is 14.0 Å². The number of carboxylic acid groups (broad SMARTS) is 1. The first-order chi connectivity index (χ1) is 15.5. The van der Waals surface area contributed by atoms with E-state index in [0.29, 0.717) is 20.3 Å². The molecule has 3 aromatic rings. The second-order valence-electron chi connectivity index (χ2n) is 8.56. The summed E-state index contributed by atoms with van der Waals surface area (Å²) < 4.78 is 21.9. The number of hydrogen-bond donors (Lipinski definition) is 1. The van der Waals surface area contributed by atoms with E-state index in [1.54, 1.807) is 26.8 Å². The van der Waals surface area contributed by atoms with Crippen molar-refractivity contribution in [2.75, 3.05) is 6.54 Å². The van der Waals surface area contributed by atoms with Gasteiger partial charge in [0.1, 0.15) is 32.2 Å². The summed E-state index contributed by atoms with van der Waals surface area (Å²) in [6.45, 7) is 5.51. The smallest absolute Gasteiger partial charge is 0.435 e. The molecule has 33 heavy (non-hydrogen) atoms. The number of amides is 1. The highest BCUT2D eigenvalue weighted by Gasteiger charge is 2.28. The van der Waals surface area contributed by atoms with Crippen LogP contribution in [0.5, 0.6) is 0 Å². The van der Waals surface area contributed by atoms with Crippen molar-refractivity contribution >= 4 is 45.8 Å². The van der Waals surface area contributed by atoms with Gasteiger partial charge in [-0.1, -0.05) is 6.07 Å². The highest BCUT2D eigenvalue weighted by molar-refractivity contribution is 14.1. The number of nitriles is 1. The Hall–Kier alpha value is -3.27. The minimum Gasteiger partial charge on any atom is -0.465 e. The summed E-state index contributed by atoms with van der Waals surface area (Å²) in [5.74, 6) is -0.560. The summed E-state index contributed by atoms with van der Waals surface area (Å²) >= 11 is 1.92. The Balaban J connectivity index is 1.90. The number of rotatable bonds is 1. The van der Waals surface area contributed by atoms with Crippen molar-refractivity contribution < 1.29 is 23.8 Å². The van der Waals surface area contributed by atoms with Gasteiger partial charge in [-0.3, -0.25) is 0 Å². The number of fused-ring (bicyclic) bond motifs is 2. The van der Waals surface area contributed by atoms with E-state index in [9.17, 15) is 20.0 Å². The number of nitrogens with zero attached hydrogens (tertiary/aromatic N) is 5. The maximum Gasteiger partial charge on any atom is 0.435 e. The number of pyridine rings is 1. The third kappa shape index (κ3) is 4.22. The highest BCUT2D eigenvalue weighted by Crippen LogP contribution is 2.35. The van der Waals surface area contributed by atoms with Gasteiger partial charge in [-0.25, -0.2) is 19.0 Å². The van der Waals surface area contributed by atoms with Crippen molar-refractivity contribution in [2.24, 2.45) is 0 Å². The molecule has 1 aliphatic rings. The van der Waals surface area contributed by atoms with Gasteiger partial charge in [-0.15, -0.1) is 0 Å². The summed E-state index contributed by atoms with van der Waals surface area (Å²) in [5.41, 5.74) is 1.49. The van der Waals surface area contributed by atoms with E-state index in [2.05, 4.69) is 10.1 Å². The lowest BCUT2D eigenvalue weighted by atomic mass is 9.91.